The van der Waals surface area contributed by atoms with Gasteiger partial charge in [-0.3, -0.25) is 4.79 Å². The second-order valence-electron chi connectivity index (χ2n) is 3.81. The summed E-state index contributed by atoms with van der Waals surface area (Å²) in [5, 5.41) is 9.58. The van der Waals surface area contributed by atoms with Crippen LogP contribution in [0.3, 0.4) is 0 Å². The summed E-state index contributed by atoms with van der Waals surface area (Å²) in [6.45, 7) is 2.15. The number of halogens is 1. The summed E-state index contributed by atoms with van der Waals surface area (Å²) in [6, 6.07) is 3.38. The summed E-state index contributed by atoms with van der Waals surface area (Å²) in [6.07, 6.45) is 0.388. The zero-order valence-corrected chi connectivity index (χ0v) is 10.6. The Hall–Kier alpha value is -1.26. The summed E-state index contributed by atoms with van der Waals surface area (Å²) in [4.78, 5) is 11.2. The number of aryl methyl sites for hydroxylation is 1. The highest BCUT2D eigenvalue weighted by Gasteiger charge is 2.22. The first-order chi connectivity index (χ1) is 8.01. The van der Waals surface area contributed by atoms with Crippen molar-refractivity contribution >= 4 is 17.6 Å². The molecule has 0 radical (unpaired) electrons. The molecular formula is C12H16ClNO3. The summed E-state index contributed by atoms with van der Waals surface area (Å²) in [5.41, 5.74) is 6.96. The molecule has 1 rings (SSSR count). The van der Waals surface area contributed by atoms with Crippen molar-refractivity contribution in [2.24, 2.45) is 5.73 Å². The first-order valence-corrected chi connectivity index (χ1v) is 5.66. The molecule has 1 atom stereocenters. The molecule has 0 aliphatic rings. The molecule has 5 heteroatoms. The maximum absolute atomic E-state index is 11.2. The monoisotopic (exact) mass is 257 g/mol. The van der Waals surface area contributed by atoms with Crippen LogP contribution in [0.15, 0.2) is 12.1 Å². The minimum atomic E-state index is -0.889. The molecule has 94 valence electrons. The van der Waals surface area contributed by atoms with Gasteiger partial charge in [0.25, 0.3) is 0 Å². The molecule has 0 heterocycles. The minimum Gasteiger partial charge on any atom is -0.495 e. The molecule has 0 amide bonds. The van der Waals surface area contributed by atoms with Gasteiger partial charge in [-0.2, -0.15) is 0 Å². The number of carboxylic acid groups (broad SMARTS) is 1. The predicted octanol–water partition coefficient (Wildman–Crippen LogP) is 2.17. The van der Waals surface area contributed by atoms with E-state index in [2.05, 4.69) is 0 Å². The van der Waals surface area contributed by atoms with Gasteiger partial charge in [-0.15, -0.1) is 0 Å². The van der Waals surface area contributed by atoms with Crippen molar-refractivity contribution in [2.75, 3.05) is 13.7 Å². The third-order valence-electron chi connectivity index (χ3n) is 2.67. The summed E-state index contributed by atoms with van der Waals surface area (Å²) < 4.78 is 5.08. The topological polar surface area (TPSA) is 72.5 Å². The molecule has 17 heavy (non-hydrogen) atoms. The first kappa shape index (κ1) is 13.8. The van der Waals surface area contributed by atoms with Crippen molar-refractivity contribution in [3.8, 4) is 5.75 Å². The highest BCUT2D eigenvalue weighted by molar-refractivity contribution is 6.32. The van der Waals surface area contributed by atoms with E-state index in [1.54, 1.807) is 12.1 Å². The van der Waals surface area contributed by atoms with Crippen LogP contribution in [0.4, 0.5) is 0 Å². The number of hydrogen-bond donors (Lipinski definition) is 2. The normalized spacial score (nSPS) is 12.2. The molecule has 0 saturated heterocycles. The van der Waals surface area contributed by atoms with Crippen molar-refractivity contribution in [1.82, 2.24) is 0 Å². The van der Waals surface area contributed by atoms with Gasteiger partial charge in [0, 0.05) is 0 Å². The molecule has 0 saturated carbocycles. The molecule has 0 aliphatic carbocycles. The number of carboxylic acids is 1. The maximum Gasteiger partial charge on any atom is 0.311 e. The number of carbonyl (C=O) groups is 1. The largest absolute Gasteiger partial charge is 0.495 e. The smallest absolute Gasteiger partial charge is 0.311 e. The van der Waals surface area contributed by atoms with Gasteiger partial charge in [0.1, 0.15) is 5.75 Å². The second-order valence-corrected chi connectivity index (χ2v) is 4.22. The van der Waals surface area contributed by atoms with Crippen LogP contribution in [-0.4, -0.2) is 24.7 Å². The zero-order valence-electron chi connectivity index (χ0n) is 9.87. The van der Waals surface area contributed by atoms with Gasteiger partial charge < -0.3 is 15.6 Å². The van der Waals surface area contributed by atoms with Crippen LogP contribution >= 0.6 is 11.6 Å². The lowest BCUT2D eigenvalue weighted by Crippen LogP contribution is -2.17. The Bertz CT molecular complexity index is 420. The summed E-state index contributed by atoms with van der Waals surface area (Å²) >= 11 is 6.00. The summed E-state index contributed by atoms with van der Waals surface area (Å²) in [7, 11) is 1.52. The third kappa shape index (κ3) is 3.11. The number of nitrogens with two attached hydrogens (primary N) is 1. The van der Waals surface area contributed by atoms with E-state index < -0.39 is 11.9 Å². The number of benzene rings is 1. The van der Waals surface area contributed by atoms with Crippen molar-refractivity contribution in [1.29, 1.82) is 0 Å². The van der Waals surface area contributed by atoms with Gasteiger partial charge in [0.15, 0.2) is 0 Å². The van der Waals surface area contributed by atoms with Crippen LogP contribution in [0.25, 0.3) is 0 Å². The molecule has 0 fully saturated rings. The van der Waals surface area contributed by atoms with Crippen LogP contribution in [-0.2, 0) is 4.79 Å². The Labute approximate surface area is 105 Å². The van der Waals surface area contributed by atoms with Crippen LogP contribution in [0.5, 0.6) is 5.75 Å². The number of hydrogen-bond acceptors (Lipinski definition) is 3. The highest BCUT2D eigenvalue weighted by atomic mass is 35.5. The zero-order chi connectivity index (χ0) is 13.0. The van der Waals surface area contributed by atoms with Crippen molar-refractivity contribution in [3.05, 3.63) is 28.3 Å². The van der Waals surface area contributed by atoms with Gasteiger partial charge in [0.05, 0.1) is 18.1 Å². The lowest BCUT2D eigenvalue weighted by molar-refractivity contribution is -0.138. The molecule has 4 nitrogen and oxygen atoms in total. The van der Waals surface area contributed by atoms with E-state index in [-0.39, 0.29) is 0 Å². The van der Waals surface area contributed by atoms with Crippen LogP contribution in [0.1, 0.15) is 23.5 Å². The quantitative estimate of drug-likeness (QED) is 0.848. The van der Waals surface area contributed by atoms with Gasteiger partial charge in [-0.05, 0) is 43.1 Å². The third-order valence-corrected chi connectivity index (χ3v) is 2.96. The van der Waals surface area contributed by atoms with E-state index in [0.29, 0.717) is 29.3 Å². The number of ether oxygens (including phenoxy) is 1. The average molecular weight is 258 g/mol. The van der Waals surface area contributed by atoms with E-state index in [1.807, 2.05) is 6.92 Å². The fourth-order valence-corrected chi connectivity index (χ4v) is 2.03. The van der Waals surface area contributed by atoms with E-state index in [0.717, 1.165) is 5.56 Å². The van der Waals surface area contributed by atoms with Crippen LogP contribution in [0.2, 0.25) is 5.02 Å². The van der Waals surface area contributed by atoms with Gasteiger partial charge in [0.2, 0.25) is 0 Å². The van der Waals surface area contributed by atoms with Crippen molar-refractivity contribution in [2.45, 2.75) is 19.3 Å². The fraction of sp³-hybridized carbons (Fsp3) is 0.417. The van der Waals surface area contributed by atoms with Crippen LogP contribution < -0.4 is 10.5 Å². The average Bonchev–Trinajstić information content (AvgIpc) is 2.28. The molecule has 3 N–H and O–H groups in total. The van der Waals surface area contributed by atoms with Gasteiger partial charge in [-0.1, -0.05) is 11.6 Å². The lowest BCUT2D eigenvalue weighted by Gasteiger charge is -2.16. The molecular weight excluding hydrogens is 242 g/mol. The first-order valence-electron chi connectivity index (χ1n) is 5.28. The summed E-state index contributed by atoms with van der Waals surface area (Å²) in [5.74, 6) is -0.965. The maximum atomic E-state index is 11.2. The molecule has 0 spiro atoms. The van der Waals surface area contributed by atoms with E-state index in [1.165, 1.54) is 7.11 Å². The highest BCUT2D eigenvalue weighted by Crippen LogP contribution is 2.32. The number of methoxy groups -OCH3 is 1. The number of aliphatic carboxylic acids is 1. The predicted molar refractivity (Wildman–Crippen MR) is 66.8 cm³/mol. The second kappa shape index (κ2) is 5.89. The van der Waals surface area contributed by atoms with Crippen molar-refractivity contribution in [3.63, 3.8) is 0 Å². The van der Waals surface area contributed by atoms with Gasteiger partial charge >= 0.3 is 5.97 Å². The Morgan fingerprint density at radius 3 is 2.71 bits per heavy atom. The lowest BCUT2D eigenvalue weighted by atomic mass is 9.92. The molecule has 1 aromatic rings. The van der Waals surface area contributed by atoms with E-state index in [4.69, 9.17) is 27.2 Å². The van der Waals surface area contributed by atoms with Crippen LogP contribution in [0, 0.1) is 6.92 Å². The van der Waals surface area contributed by atoms with E-state index in [9.17, 15) is 4.79 Å². The minimum absolute atomic E-state index is 0.319. The van der Waals surface area contributed by atoms with Crippen molar-refractivity contribution < 1.29 is 14.6 Å². The Balaban J connectivity index is 3.20. The molecule has 0 aromatic heterocycles. The standard InChI is InChI=1S/C12H16ClNO3/c1-7-5-11(17-2)10(13)6-9(7)8(3-4-14)12(15)16/h5-6,8H,3-4,14H2,1-2H3,(H,15,16). The molecule has 1 unspecified atom stereocenters. The molecule has 1 aromatic carbocycles. The Morgan fingerprint density at radius 1 is 1.59 bits per heavy atom. The van der Waals surface area contributed by atoms with E-state index >= 15 is 0 Å². The Kier molecular flexibility index (Phi) is 4.78. The SMILES string of the molecule is COc1cc(C)c(C(CCN)C(=O)O)cc1Cl. The van der Waals surface area contributed by atoms with Gasteiger partial charge in [-0.25, -0.2) is 0 Å². The Morgan fingerprint density at radius 2 is 2.24 bits per heavy atom. The molecule has 0 aliphatic heterocycles. The fourth-order valence-electron chi connectivity index (χ4n) is 1.78. The molecule has 0 bridgehead atoms. The number of rotatable bonds is 5.